The summed E-state index contributed by atoms with van der Waals surface area (Å²) in [6, 6.07) is 30.9. The van der Waals surface area contributed by atoms with Gasteiger partial charge in [-0.05, 0) is 77.9 Å². The average molecular weight is 566 g/mol. The van der Waals surface area contributed by atoms with Crippen LogP contribution in [0.15, 0.2) is 113 Å². The zero-order valence-corrected chi connectivity index (χ0v) is 23.3. The van der Waals surface area contributed by atoms with Gasteiger partial charge in [-0.25, -0.2) is 4.99 Å². The van der Waals surface area contributed by atoms with Crippen LogP contribution in [0.1, 0.15) is 29.7 Å². The SMILES string of the molecule is COc1cc(/C=C2/SC(=Nc3ccccc3)N([C@@H](C)c3ccccc3)C2=O)ccc1OCc1ccc([N+](=O)[O-])cc1. The van der Waals surface area contributed by atoms with E-state index in [1.165, 1.54) is 23.9 Å². The molecule has 5 rings (SSSR count). The number of ether oxygens (including phenoxy) is 2. The molecule has 1 aliphatic heterocycles. The number of nitrogens with zero attached hydrogens (tertiary/aromatic N) is 3. The van der Waals surface area contributed by atoms with Gasteiger partial charge in [0.15, 0.2) is 16.7 Å². The van der Waals surface area contributed by atoms with Crippen LogP contribution in [0.4, 0.5) is 11.4 Å². The third kappa shape index (κ3) is 6.47. The van der Waals surface area contributed by atoms with Gasteiger partial charge >= 0.3 is 0 Å². The van der Waals surface area contributed by atoms with Crippen molar-refractivity contribution in [2.45, 2.75) is 19.6 Å². The number of amidine groups is 1. The number of rotatable bonds is 9. The van der Waals surface area contributed by atoms with E-state index < -0.39 is 4.92 Å². The van der Waals surface area contributed by atoms with Crippen molar-refractivity contribution in [3.05, 3.63) is 135 Å². The quantitative estimate of drug-likeness (QED) is 0.118. The van der Waals surface area contributed by atoms with Crippen molar-refractivity contribution in [1.82, 2.24) is 4.90 Å². The lowest BCUT2D eigenvalue weighted by Crippen LogP contribution is -2.32. The van der Waals surface area contributed by atoms with Crippen LogP contribution in [0.5, 0.6) is 11.5 Å². The molecular weight excluding hydrogens is 538 g/mol. The number of hydrogen-bond acceptors (Lipinski definition) is 7. The van der Waals surface area contributed by atoms with E-state index in [0.29, 0.717) is 21.6 Å². The van der Waals surface area contributed by atoms with E-state index in [0.717, 1.165) is 22.4 Å². The Kier molecular flexibility index (Phi) is 8.45. The first-order valence-corrected chi connectivity index (χ1v) is 13.7. The maximum Gasteiger partial charge on any atom is 0.269 e. The van der Waals surface area contributed by atoms with E-state index in [1.807, 2.05) is 85.8 Å². The molecule has 206 valence electrons. The zero-order chi connectivity index (χ0) is 28.8. The molecule has 1 amide bonds. The van der Waals surface area contributed by atoms with Crippen molar-refractivity contribution >= 4 is 40.3 Å². The molecule has 4 aromatic rings. The minimum Gasteiger partial charge on any atom is -0.493 e. The number of methoxy groups -OCH3 is 1. The molecule has 41 heavy (non-hydrogen) atoms. The van der Waals surface area contributed by atoms with Crippen LogP contribution < -0.4 is 9.47 Å². The summed E-state index contributed by atoms with van der Waals surface area (Å²) in [7, 11) is 1.55. The molecule has 0 bridgehead atoms. The van der Waals surface area contributed by atoms with Crippen LogP contribution in [-0.4, -0.2) is 28.0 Å². The third-order valence-corrected chi connectivity index (χ3v) is 7.50. The first-order chi connectivity index (χ1) is 19.9. The standard InChI is InChI=1S/C32H27N3O5S/c1-22(25-9-5-3-6-10-25)34-31(36)30(41-32(34)33-26-11-7-4-8-12-26)20-24-15-18-28(29(19-24)39-2)40-21-23-13-16-27(17-14-23)35(37)38/h3-20,22H,21H2,1-2H3/b30-20+,33-32?/t22-/m0/s1. The fraction of sp³-hybridized carbons (Fsp3) is 0.125. The monoisotopic (exact) mass is 565 g/mol. The minimum atomic E-state index is -0.438. The summed E-state index contributed by atoms with van der Waals surface area (Å²) in [4.78, 5) is 31.3. The molecule has 0 aromatic heterocycles. The average Bonchev–Trinajstić information content (AvgIpc) is 3.30. The molecule has 1 saturated heterocycles. The second-order valence-corrected chi connectivity index (χ2v) is 10.2. The van der Waals surface area contributed by atoms with Crippen LogP contribution in [0.3, 0.4) is 0 Å². The molecule has 0 saturated carbocycles. The summed E-state index contributed by atoms with van der Waals surface area (Å²) in [5.41, 5.74) is 3.37. The number of thioether (sulfide) groups is 1. The van der Waals surface area contributed by atoms with Gasteiger partial charge in [0.05, 0.1) is 28.7 Å². The highest BCUT2D eigenvalue weighted by Gasteiger charge is 2.37. The summed E-state index contributed by atoms with van der Waals surface area (Å²) in [5.74, 6) is 0.895. The lowest BCUT2D eigenvalue weighted by molar-refractivity contribution is -0.384. The molecule has 8 nitrogen and oxygen atoms in total. The number of hydrogen-bond donors (Lipinski definition) is 0. The Bertz CT molecular complexity index is 1610. The predicted molar refractivity (Wildman–Crippen MR) is 161 cm³/mol. The van der Waals surface area contributed by atoms with Gasteiger partial charge < -0.3 is 9.47 Å². The largest absolute Gasteiger partial charge is 0.493 e. The van der Waals surface area contributed by atoms with Crippen molar-refractivity contribution in [3.8, 4) is 11.5 Å². The smallest absolute Gasteiger partial charge is 0.269 e. The molecule has 0 N–H and O–H groups in total. The van der Waals surface area contributed by atoms with Crippen molar-refractivity contribution < 1.29 is 19.2 Å². The zero-order valence-electron chi connectivity index (χ0n) is 22.5. The predicted octanol–water partition coefficient (Wildman–Crippen LogP) is 7.55. The highest BCUT2D eigenvalue weighted by molar-refractivity contribution is 8.18. The summed E-state index contributed by atoms with van der Waals surface area (Å²) in [5, 5.41) is 11.5. The van der Waals surface area contributed by atoms with Gasteiger partial charge in [-0.1, -0.05) is 54.6 Å². The molecule has 9 heteroatoms. The maximum absolute atomic E-state index is 13.7. The Labute approximate surface area is 242 Å². The van der Waals surface area contributed by atoms with Gasteiger partial charge in [-0.3, -0.25) is 19.8 Å². The van der Waals surface area contributed by atoms with E-state index in [2.05, 4.69) is 0 Å². The fourth-order valence-corrected chi connectivity index (χ4v) is 5.39. The van der Waals surface area contributed by atoms with Crippen LogP contribution in [-0.2, 0) is 11.4 Å². The van der Waals surface area contributed by atoms with Gasteiger partial charge in [0.1, 0.15) is 6.61 Å². The van der Waals surface area contributed by atoms with Crippen LogP contribution in [0.2, 0.25) is 0 Å². The second kappa shape index (κ2) is 12.5. The molecule has 1 aliphatic rings. The molecule has 1 atom stereocenters. The Morgan fingerprint density at radius 3 is 2.29 bits per heavy atom. The van der Waals surface area contributed by atoms with Gasteiger partial charge in [0.25, 0.3) is 11.6 Å². The van der Waals surface area contributed by atoms with Crippen molar-refractivity contribution in [1.29, 1.82) is 0 Å². The minimum absolute atomic E-state index is 0.0248. The summed E-state index contributed by atoms with van der Waals surface area (Å²) < 4.78 is 11.5. The molecule has 4 aromatic carbocycles. The maximum atomic E-state index is 13.7. The number of para-hydroxylation sites is 1. The van der Waals surface area contributed by atoms with Gasteiger partial charge in [0, 0.05) is 12.1 Å². The summed E-state index contributed by atoms with van der Waals surface area (Å²) in [6.07, 6.45) is 1.83. The molecule has 0 aliphatic carbocycles. The van der Waals surface area contributed by atoms with E-state index >= 15 is 0 Å². The molecule has 0 unspecified atom stereocenters. The van der Waals surface area contributed by atoms with Crippen molar-refractivity contribution in [3.63, 3.8) is 0 Å². The van der Waals surface area contributed by atoms with E-state index in [9.17, 15) is 14.9 Å². The Morgan fingerprint density at radius 2 is 1.63 bits per heavy atom. The van der Waals surface area contributed by atoms with Crippen LogP contribution in [0, 0.1) is 10.1 Å². The number of aliphatic imine (C=N–C) groups is 1. The molecule has 1 heterocycles. The highest BCUT2D eigenvalue weighted by atomic mass is 32.2. The van der Waals surface area contributed by atoms with Crippen molar-refractivity contribution in [2.24, 2.45) is 4.99 Å². The topological polar surface area (TPSA) is 94.3 Å². The van der Waals surface area contributed by atoms with Crippen LogP contribution in [0.25, 0.3) is 6.08 Å². The van der Waals surface area contributed by atoms with Crippen molar-refractivity contribution in [2.75, 3.05) is 7.11 Å². The number of nitro benzene ring substituents is 1. The van der Waals surface area contributed by atoms with Gasteiger partial charge in [-0.2, -0.15) is 0 Å². The number of carbonyl (C=O) groups is 1. The van der Waals surface area contributed by atoms with Crippen LogP contribution >= 0.6 is 11.8 Å². The van der Waals surface area contributed by atoms with E-state index in [-0.39, 0.29) is 24.2 Å². The number of amides is 1. The first-order valence-electron chi connectivity index (χ1n) is 12.9. The fourth-order valence-electron chi connectivity index (χ4n) is 4.32. The summed E-state index contributed by atoms with van der Waals surface area (Å²) in [6.45, 7) is 2.21. The van der Waals surface area contributed by atoms with Gasteiger partial charge in [0.2, 0.25) is 0 Å². The molecule has 0 spiro atoms. The van der Waals surface area contributed by atoms with Gasteiger partial charge in [-0.15, -0.1) is 0 Å². The molecular formula is C32H27N3O5S. The third-order valence-electron chi connectivity index (χ3n) is 6.51. The Balaban J connectivity index is 1.39. The Morgan fingerprint density at radius 1 is 0.951 bits per heavy atom. The molecule has 1 fully saturated rings. The van der Waals surface area contributed by atoms with E-state index in [1.54, 1.807) is 30.2 Å². The number of benzene rings is 4. The first kappa shape index (κ1) is 27.7. The lowest BCUT2D eigenvalue weighted by Gasteiger charge is -2.24. The second-order valence-electron chi connectivity index (χ2n) is 9.22. The number of non-ortho nitro benzene ring substituents is 1. The normalized spacial score (nSPS) is 15.8. The van der Waals surface area contributed by atoms with E-state index in [4.69, 9.17) is 14.5 Å². The number of carbonyl (C=O) groups excluding carboxylic acids is 1. The lowest BCUT2D eigenvalue weighted by atomic mass is 10.1. The highest BCUT2D eigenvalue weighted by Crippen LogP contribution is 2.40. The Hall–Kier alpha value is -4.89. The summed E-state index contributed by atoms with van der Waals surface area (Å²) >= 11 is 1.34. The molecule has 0 radical (unpaired) electrons. The number of nitro groups is 1.